The van der Waals surface area contributed by atoms with Crippen molar-refractivity contribution in [1.29, 1.82) is 0 Å². The highest BCUT2D eigenvalue weighted by atomic mass is 19.1. The van der Waals surface area contributed by atoms with E-state index in [1.807, 2.05) is 0 Å². The van der Waals surface area contributed by atoms with Gasteiger partial charge in [0.05, 0.1) is 11.9 Å². The summed E-state index contributed by atoms with van der Waals surface area (Å²) in [6.07, 6.45) is 7.41. The Morgan fingerprint density at radius 2 is 1.86 bits per heavy atom. The molecule has 0 atom stereocenters. The molecule has 0 spiro atoms. The molecule has 0 bridgehead atoms. The molecule has 1 aliphatic carbocycles. The van der Waals surface area contributed by atoms with E-state index in [0.29, 0.717) is 39.6 Å². The number of nitrogens with one attached hydrogen (secondary N) is 2. The van der Waals surface area contributed by atoms with Crippen molar-refractivity contribution in [1.82, 2.24) is 40.2 Å². The van der Waals surface area contributed by atoms with Gasteiger partial charge in [-0.3, -0.25) is 4.79 Å². The van der Waals surface area contributed by atoms with Crippen molar-refractivity contribution < 1.29 is 13.6 Å². The second kappa shape index (κ2) is 9.49. The molecule has 37 heavy (non-hydrogen) atoms. The zero-order chi connectivity index (χ0) is 25.4. The first kappa shape index (κ1) is 22.9. The van der Waals surface area contributed by atoms with Crippen molar-refractivity contribution in [2.24, 2.45) is 0 Å². The quantitative estimate of drug-likeness (QED) is 0.356. The Kier molecular flexibility index (Phi) is 5.87. The number of aromatic amines is 1. The van der Waals surface area contributed by atoms with Crippen LogP contribution in [0.4, 0.5) is 8.78 Å². The second-order valence-corrected chi connectivity index (χ2v) is 9.08. The molecule has 9 nitrogen and oxygen atoms in total. The lowest BCUT2D eigenvalue weighted by atomic mass is 10.1. The smallest absolute Gasteiger partial charge is 0.272 e. The van der Waals surface area contributed by atoms with E-state index in [1.165, 1.54) is 48.1 Å². The largest absolute Gasteiger partial charge is 0.347 e. The Balaban J connectivity index is 1.20. The average molecular weight is 501 g/mol. The van der Waals surface area contributed by atoms with Gasteiger partial charge in [-0.15, -0.1) is 5.10 Å². The summed E-state index contributed by atoms with van der Waals surface area (Å²) >= 11 is 0. The summed E-state index contributed by atoms with van der Waals surface area (Å²) in [6, 6.07) is 10.2. The maximum Gasteiger partial charge on any atom is 0.272 e. The molecule has 1 amide bonds. The Labute approximate surface area is 210 Å². The fourth-order valence-corrected chi connectivity index (χ4v) is 4.69. The van der Waals surface area contributed by atoms with Gasteiger partial charge in [0.15, 0.2) is 11.3 Å². The number of hydrogen-bond donors (Lipinski definition) is 2. The monoisotopic (exact) mass is 500 g/mol. The number of fused-ring (bicyclic) bond motifs is 1. The van der Waals surface area contributed by atoms with Crippen molar-refractivity contribution in [3.63, 3.8) is 0 Å². The van der Waals surface area contributed by atoms with Crippen LogP contribution in [0.3, 0.4) is 0 Å². The maximum absolute atomic E-state index is 14.5. The third kappa shape index (κ3) is 4.67. The van der Waals surface area contributed by atoms with E-state index in [0.717, 1.165) is 18.7 Å². The van der Waals surface area contributed by atoms with Gasteiger partial charge < -0.3 is 10.3 Å². The molecule has 1 saturated carbocycles. The Bertz CT molecular complexity index is 1590. The number of carbonyl (C=O) groups is 1. The molecular formula is C26H22F2N8O. The third-order valence-corrected chi connectivity index (χ3v) is 6.55. The maximum atomic E-state index is 14.5. The molecule has 2 aromatic carbocycles. The summed E-state index contributed by atoms with van der Waals surface area (Å²) in [7, 11) is 0. The molecular weight excluding hydrogens is 478 g/mol. The van der Waals surface area contributed by atoms with Crippen LogP contribution in [0.25, 0.3) is 28.1 Å². The van der Waals surface area contributed by atoms with Crippen LogP contribution in [-0.4, -0.2) is 40.8 Å². The first-order valence-electron chi connectivity index (χ1n) is 12.0. The van der Waals surface area contributed by atoms with Crippen LogP contribution < -0.4 is 5.32 Å². The van der Waals surface area contributed by atoms with Crippen LogP contribution >= 0.6 is 0 Å². The predicted octanol–water partition coefficient (Wildman–Crippen LogP) is 4.47. The first-order valence-corrected chi connectivity index (χ1v) is 12.0. The molecule has 1 aliphatic rings. The Morgan fingerprint density at radius 1 is 1.05 bits per heavy atom. The highest BCUT2D eigenvalue weighted by molar-refractivity contribution is 6.02. The van der Waals surface area contributed by atoms with Crippen molar-refractivity contribution >= 4 is 17.1 Å². The van der Waals surface area contributed by atoms with Crippen molar-refractivity contribution in [2.45, 2.75) is 38.1 Å². The van der Waals surface area contributed by atoms with Crippen LogP contribution in [0, 0.1) is 11.6 Å². The lowest BCUT2D eigenvalue weighted by molar-refractivity contribution is 0.0947. The highest BCUT2D eigenvalue weighted by Crippen LogP contribution is 2.33. The molecule has 186 valence electrons. The zero-order valence-corrected chi connectivity index (χ0v) is 19.7. The summed E-state index contributed by atoms with van der Waals surface area (Å²) < 4.78 is 29.1. The number of hydrogen-bond acceptors (Lipinski definition) is 6. The van der Waals surface area contributed by atoms with E-state index in [4.69, 9.17) is 0 Å². The molecule has 3 aromatic heterocycles. The summed E-state index contributed by atoms with van der Waals surface area (Å²) in [4.78, 5) is 29.2. The first-order chi connectivity index (χ1) is 18.0. The van der Waals surface area contributed by atoms with Crippen molar-refractivity contribution in [3.05, 3.63) is 83.7 Å². The molecule has 0 saturated heterocycles. The molecule has 5 aromatic rings. The molecule has 2 N–H and O–H groups in total. The predicted molar refractivity (Wildman–Crippen MR) is 131 cm³/mol. The minimum absolute atomic E-state index is 0.0742. The molecule has 0 aliphatic heterocycles. The number of benzene rings is 2. The molecule has 0 unspecified atom stereocenters. The summed E-state index contributed by atoms with van der Waals surface area (Å²) in [6.45, 7) is 0.0742. The molecule has 3 heterocycles. The van der Waals surface area contributed by atoms with Crippen LogP contribution in [0.15, 0.2) is 55.0 Å². The van der Waals surface area contributed by atoms with E-state index in [2.05, 4.69) is 35.6 Å². The van der Waals surface area contributed by atoms with Gasteiger partial charge in [-0.1, -0.05) is 18.1 Å². The number of aromatic nitrogens is 7. The number of nitrogens with zero attached hydrogens (tertiary/aromatic N) is 6. The minimum atomic E-state index is -0.475. The molecule has 11 heteroatoms. The third-order valence-electron chi connectivity index (χ3n) is 6.55. The van der Waals surface area contributed by atoms with Crippen LogP contribution in [0.5, 0.6) is 0 Å². The van der Waals surface area contributed by atoms with Crippen molar-refractivity contribution in [2.75, 3.05) is 0 Å². The van der Waals surface area contributed by atoms with Gasteiger partial charge in [-0.2, -0.15) is 0 Å². The number of halogens is 2. The normalized spacial score (nSPS) is 13.9. The van der Waals surface area contributed by atoms with E-state index >= 15 is 0 Å². The fraction of sp³-hybridized carbons (Fsp3) is 0.231. The van der Waals surface area contributed by atoms with E-state index in [9.17, 15) is 13.6 Å². The number of imidazole rings is 1. The lowest BCUT2D eigenvalue weighted by Crippen LogP contribution is -2.24. The van der Waals surface area contributed by atoms with Crippen molar-refractivity contribution in [3.8, 4) is 16.9 Å². The van der Waals surface area contributed by atoms with Gasteiger partial charge in [0.1, 0.15) is 35.0 Å². The number of rotatable bonds is 6. The van der Waals surface area contributed by atoms with Gasteiger partial charge in [0.2, 0.25) is 0 Å². The zero-order valence-electron chi connectivity index (χ0n) is 19.7. The van der Waals surface area contributed by atoms with Gasteiger partial charge in [-0.05, 0) is 60.9 Å². The van der Waals surface area contributed by atoms with E-state index in [-0.39, 0.29) is 18.1 Å². The average Bonchev–Trinajstić information content (AvgIpc) is 3.67. The second-order valence-electron chi connectivity index (χ2n) is 9.08. The van der Waals surface area contributed by atoms with E-state index < -0.39 is 11.7 Å². The Morgan fingerprint density at radius 3 is 2.68 bits per heavy atom. The summed E-state index contributed by atoms with van der Waals surface area (Å²) in [5, 5.41) is 11.0. The van der Waals surface area contributed by atoms with Gasteiger partial charge in [-0.25, -0.2) is 28.4 Å². The number of amides is 1. The molecule has 1 fully saturated rings. The summed E-state index contributed by atoms with van der Waals surface area (Å²) in [5.41, 5.74) is 3.25. The van der Waals surface area contributed by atoms with Gasteiger partial charge >= 0.3 is 0 Å². The minimum Gasteiger partial charge on any atom is -0.347 e. The lowest BCUT2D eigenvalue weighted by Gasteiger charge is -2.07. The van der Waals surface area contributed by atoms with Crippen LogP contribution in [0.2, 0.25) is 0 Å². The molecule has 6 rings (SSSR count). The fourth-order valence-electron chi connectivity index (χ4n) is 4.69. The number of carbonyl (C=O) groups excluding carboxylic acids is 1. The van der Waals surface area contributed by atoms with Crippen LogP contribution in [0.1, 0.15) is 53.5 Å². The highest BCUT2D eigenvalue weighted by Gasteiger charge is 2.23. The SMILES string of the molecule is O=C(NCc1cc(F)cc(-c2cn(-c3ccc(F)cc3)nn2)c1)c1ncnc2nc(C3CCCC3)[nH]c12. The molecule has 0 radical (unpaired) electrons. The van der Waals surface area contributed by atoms with E-state index in [1.54, 1.807) is 24.4 Å². The van der Waals surface area contributed by atoms with Gasteiger partial charge in [0, 0.05) is 18.0 Å². The summed E-state index contributed by atoms with van der Waals surface area (Å²) in [5.74, 6) is -0.0629. The number of H-pyrrole nitrogens is 1. The van der Waals surface area contributed by atoms with Crippen LogP contribution in [-0.2, 0) is 6.54 Å². The van der Waals surface area contributed by atoms with Gasteiger partial charge in [0.25, 0.3) is 5.91 Å². The topological polar surface area (TPSA) is 114 Å². The standard InChI is InChI=1S/C26H22F2N8O/c27-18-5-7-20(8-6-18)36-13-21(34-35-36)17-9-15(10-19(28)11-17)12-29-26(37)23-22-25(31-14-30-23)33-24(32-22)16-3-1-2-4-16/h5-11,13-14,16H,1-4,12H2,(H,29,37)(H,30,31,32,33). The Hall–Kier alpha value is -4.54.